The van der Waals surface area contributed by atoms with Crippen LogP contribution in [0.15, 0.2) is 48.5 Å². The van der Waals surface area contributed by atoms with Gasteiger partial charge >= 0.3 is 0 Å². The summed E-state index contributed by atoms with van der Waals surface area (Å²) in [5.74, 6) is -0.146. The zero-order valence-electron chi connectivity index (χ0n) is 14.5. The van der Waals surface area contributed by atoms with Gasteiger partial charge in [-0.05, 0) is 56.2 Å². The molecule has 0 radical (unpaired) electrons. The van der Waals surface area contributed by atoms with E-state index in [2.05, 4.69) is 5.32 Å². The highest BCUT2D eigenvalue weighted by molar-refractivity contribution is 5.97. The summed E-state index contributed by atoms with van der Waals surface area (Å²) in [6.07, 6.45) is 0. The molecule has 0 unspecified atom stereocenters. The van der Waals surface area contributed by atoms with Crippen molar-refractivity contribution in [3.05, 3.63) is 70.8 Å². The molecule has 0 atom stereocenters. The molecule has 126 valence electrons. The van der Waals surface area contributed by atoms with Gasteiger partial charge < -0.3 is 10.2 Å². The second-order valence-electron chi connectivity index (χ2n) is 5.66. The number of nitrogens with zero attached hydrogens (tertiary/aromatic N) is 1. The summed E-state index contributed by atoms with van der Waals surface area (Å²) in [7, 11) is 0. The molecule has 4 heteroatoms. The van der Waals surface area contributed by atoms with Crippen molar-refractivity contribution in [2.24, 2.45) is 0 Å². The first kappa shape index (κ1) is 17.7. The number of amides is 2. The van der Waals surface area contributed by atoms with Gasteiger partial charge in [0.2, 0.25) is 0 Å². The van der Waals surface area contributed by atoms with Crippen LogP contribution < -0.4 is 5.32 Å². The zero-order valence-corrected chi connectivity index (χ0v) is 14.5. The average molecular weight is 324 g/mol. The number of hydrogen-bond acceptors (Lipinski definition) is 2. The average Bonchev–Trinajstić information content (AvgIpc) is 2.62. The summed E-state index contributed by atoms with van der Waals surface area (Å²) in [6.45, 7) is 7.77. The third-order valence-corrected chi connectivity index (χ3v) is 4.15. The van der Waals surface area contributed by atoms with Gasteiger partial charge in [0.05, 0.1) is 0 Å². The smallest absolute Gasteiger partial charge is 0.253 e. The lowest BCUT2D eigenvalue weighted by atomic mass is 10.1. The molecule has 0 spiro atoms. The lowest BCUT2D eigenvalue weighted by Gasteiger charge is -2.18. The highest BCUT2D eigenvalue weighted by atomic mass is 16.2. The molecule has 0 fully saturated rings. The van der Waals surface area contributed by atoms with Gasteiger partial charge in [0, 0.05) is 30.8 Å². The third-order valence-electron chi connectivity index (χ3n) is 4.15. The predicted octanol–water partition coefficient (Wildman–Crippen LogP) is 3.41. The number of carbonyl (C=O) groups excluding carboxylic acids is 2. The molecule has 2 rings (SSSR count). The minimum atomic E-state index is -0.139. The summed E-state index contributed by atoms with van der Waals surface area (Å²) in [6, 6.07) is 14.8. The topological polar surface area (TPSA) is 49.4 Å². The van der Waals surface area contributed by atoms with Crippen molar-refractivity contribution < 1.29 is 9.59 Å². The SMILES string of the molecule is CCN(CC)C(=O)c1ccc(C(=O)NCc2ccccc2C)cc1. The first-order valence-electron chi connectivity index (χ1n) is 8.28. The van der Waals surface area contributed by atoms with Gasteiger partial charge in [-0.15, -0.1) is 0 Å². The van der Waals surface area contributed by atoms with Crippen molar-refractivity contribution in [1.29, 1.82) is 0 Å². The minimum absolute atomic E-state index is 0.00753. The Morgan fingerprint density at radius 3 is 2.08 bits per heavy atom. The van der Waals surface area contributed by atoms with E-state index in [0.29, 0.717) is 30.8 Å². The van der Waals surface area contributed by atoms with E-state index in [4.69, 9.17) is 0 Å². The summed E-state index contributed by atoms with van der Waals surface area (Å²) >= 11 is 0. The molecule has 0 aromatic heterocycles. The maximum atomic E-state index is 12.3. The molecule has 2 aromatic rings. The van der Waals surface area contributed by atoms with Crippen LogP contribution in [0.5, 0.6) is 0 Å². The van der Waals surface area contributed by atoms with Crippen LogP contribution in [-0.4, -0.2) is 29.8 Å². The number of carbonyl (C=O) groups is 2. The van der Waals surface area contributed by atoms with Crippen LogP contribution in [-0.2, 0) is 6.54 Å². The largest absolute Gasteiger partial charge is 0.348 e. The molecule has 0 aliphatic rings. The zero-order chi connectivity index (χ0) is 17.5. The van der Waals surface area contributed by atoms with Crippen molar-refractivity contribution >= 4 is 11.8 Å². The minimum Gasteiger partial charge on any atom is -0.348 e. The molecule has 0 heterocycles. The fourth-order valence-electron chi connectivity index (χ4n) is 2.54. The van der Waals surface area contributed by atoms with Crippen molar-refractivity contribution in [2.75, 3.05) is 13.1 Å². The summed E-state index contributed by atoms with van der Waals surface area (Å²) in [5, 5.41) is 2.92. The van der Waals surface area contributed by atoms with Crippen molar-refractivity contribution in [1.82, 2.24) is 10.2 Å². The molecular weight excluding hydrogens is 300 g/mol. The van der Waals surface area contributed by atoms with Gasteiger partial charge in [-0.25, -0.2) is 0 Å². The Bertz CT molecular complexity index is 704. The quantitative estimate of drug-likeness (QED) is 0.885. The molecule has 0 saturated carbocycles. The number of hydrogen-bond donors (Lipinski definition) is 1. The van der Waals surface area contributed by atoms with Crippen LogP contribution in [0, 0.1) is 6.92 Å². The monoisotopic (exact) mass is 324 g/mol. The number of nitrogens with one attached hydrogen (secondary N) is 1. The molecule has 0 bridgehead atoms. The molecule has 0 aliphatic heterocycles. The van der Waals surface area contributed by atoms with Crippen molar-refractivity contribution in [3.8, 4) is 0 Å². The van der Waals surface area contributed by atoms with E-state index >= 15 is 0 Å². The first-order chi connectivity index (χ1) is 11.6. The Balaban J connectivity index is 2.01. The fourth-order valence-corrected chi connectivity index (χ4v) is 2.54. The number of rotatable bonds is 6. The van der Waals surface area contributed by atoms with Crippen LogP contribution in [0.1, 0.15) is 45.7 Å². The van der Waals surface area contributed by atoms with E-state index < -0.39 is 0 Å². The fraction of sp³-hybridized carbons (Fsp3) is 0.300. The molecule has 2 amide bonds. The van der Waals surface area contributed by atoms with Crippen LogP contribution in [0.3, 0.4) is 0 Å². The predicted molar refractivity (Wildman–Crippen MR) is 96.0 cm³/mol. The molecule has 0 saturated heterocycles. The van der Waals surface area contributed by atoms with Gasteiger partial charge in [0.15, 0.2) is 0 Å². The molecule has 4 nitrogen and oxygen atoms in total. The number of aryl methyl sites for hydroxylation is 1. The molecule has 24 heavy (non-hydrogen) atoms. The first-order valence-corrected chi connectivity index (χ1v) is 8.28. The standard InChI is InChI=1S/C20H24N2O2/c1-4-22(5-2)20(24)17-12-10-16(11-13-17)19(23)21-14-18-9-7-6-8-15(18)3/h6-13H,4-5,14H2,1-3H3,(H,21,23). The lowest BCUT2D eigenvalue weighted by Crippen LogP contribution is -2.30. The summed E-state index contributed by atoms with van der Waals surface area (Å²) < 4.78 is 0. The second kappa shape index (κ2) is 8.29. The van der Waals surface area contributed by atoms with Crippen LogP contribution in [0.25, 0.3) is 0 Å². The Morgan fingerprint density at radius 1 is 0.917 bits per heavy atom. The molecular formula is C20H24N2O2. The van der Waals surface area contributed by atoms with Crippen LogP contribution in [0.2, 0.25) is 0 Å². The Hall–Kier alpha value is -2.62. The summed E-state index contributed by atoms with van der Waals surface area (Å²) in [5.41, 5.74) is 3.41. The highest BCUT2D eigenvalue weighted by Crippen LogP contribution is 2.10. The van der Waals surface area contributed by atoms with Crippen molar-refractivity contribution in [2.45, 2.75) is 27.3 Å². The Morgan fingerprint density at radius 2 is 1.50 bits per heavy atom. The van der Waals surface area contributed by atoms with Gasteiger partial charge in [-0.1, -0.05) is 24.3 Å². The van der Waals surface area contributed by atoms with E-state index in [0.717, 1.165) is 11.1 Å². The molecule has 2 aromatic carbocycles. The van der Waals surface area contributed by atoms with Crippen LogP contribution >= 0.6 is 0 Å². The van der Waals surface area contributed by atoms with E-state index in [-0.39, 0.29) is 11.8 Å². The second-order valence-corrected chi connectivity index (χ2v) is 5.66. The Kier molecular flexibility index (Phi) is 6.13. The van der Waals surface area contributed by atoms with Gasteiger partial charge in [0.25, 0.3) is 11.8 Å². The maximum absolute atomic E-state index is 12.3. The van der Waals surface area contributed by atoms with Gasteiger partial charge in [-0.2, -0.15) is 0 Å². The van der Waals surface area contributed by atoms with Gasteiger partial charge in [0.1, 0.15) is 0 Å². The lowest BCUT2D eigenvalue weighted by molar-refractivity contribution is 0.0772. The third kappa shape index (κ3) is 4.22. The van der Waals surface area contributed by atoms with Crippen molar-refractivity contribution in [3.63, 3.8) is 0 Å². The van der Waals surface area contributed by atoms with E-state index in [1.54, 1.807) is 29.2 Å². The molecule has 1 N–H and O–H groups in total. The summed E-state index contributed by atoms with van der Waals surface area (Å²) in [4.78, 5) is 26.3. The van der Waals surface area contributed by atoms with E-state index in [9.17, 15) is 9.59 Å². The van der Waals surface area contributed by atoms with E-state index in [1.165, 1.54) is 0 Å². The normalized spacial score (nSPS) is 10.3. The molecule has 0 aliphatic carbocycles. The highest BCUT2D eigenvalue weighted by Gasteiger charge is 2.13. The number of benzene rings is 2. The maximum Gasteiger partial charge on any atom is 0.253 e. The van der Waals surface area contributed by atoms with Crippen LogP contribution in [0.4, 0.5) is 0 Å². The van der Waals surface area contributed by atoms with Gasteiger partial charge in [-0.3, -0.25) is 9.59 Å². The van der Waals surface area contributed by atoms with E-state index in [1.807, 2.05) is 45.0 Å². The Labute approximate surface area is 143 Å².